The quantitative estimate of drug-likeness (QED) is 0.433. The summed E-state index contributed by atoms with van der Waals surface area (Å²) >= 11 is 0. The molecule has 1 aliphatic heterocycles. The number of nitrogens with one attached hydrogen (secondary N) is 1. The van der Waals surface area contributed by atoms with E-state index in [0.29, 0.717) is 41.5 Å². The lowest BCUT2D eigenvalue weighted by atomic mass is 10.0. The average molecular weight is 436 g/mol. The van der Waals surface area contributed by atoms with E-state index in [1.807, 2.05) is 44.3 Å². The van der Waals surface area contributed by atoms with Crippen molar-refractivity contribution in [1.29, 1.82) is 0 Å². The molecule has 168 valence electrons. The fourth-order valence-electron chi connectivity index (χ4n) is 3.88. The van der Waals surface area contributed by atoms with Crippen molar-refractivity contribution in [1.82, 2.24) is 19.6 Å². The van der Waals surface area contributed by atoms with Crippen molar-refractivity contribution in [3.63, 3.8) is 0 Å². The second-order valence-corrected chi connectivity index (χ2v) is 7.92. The molecule has 0 bridgehead atoms. The molecular weight excluding hydrogens is 406 g/mol. The molecular formula is C23H29N7O2. The summed E-state index contributed by atoms with van der Waals surface area (Å²) in [6.07, 6.45) is 4.53. The van der Waals surface area contributed by atoms with E-state index in [-0.39, 0.29) is 6.10 Å². The van der Waals surface area contributed by atoms with Crippen LogP contribution in [-0.4, -0.2) is 51.7 Å². The SMILES string of the molecule is CN=C(/C(=C\N)OC[C@@H]1CCO[C@@H]1C)c1ccn2nc(Nc3cc(C)nc(C)n3)cc2c1. The van der Waals surface area contributed by atoms with E-state index in [1.54, 1.807) is 11.6 Å². The zero-order chi connectivity index (χ0) is 22.7. The molecule has 0 aliphatic carbocycles. The van der Waals surface area contributed by atoms with E-state index in [2.05, 4.69) is 32.3 Å². The van der Waals surface area contributed by atoms with Crippen molar-refractivity contribution in [2.24, 2.45) is 16.6 Å². The van der Waals surface area contributed by atoms with Crippen LogP contribution >= 0.6 is 0 Å². The molecule has 32 heavy (non-hydrogen) atoms. The van der Waals surface area contributed by atoms with Gasteiger partial charge in [0.25, 0.3) is 0 Å². The van der Waals surface area contributed by atoms with Crippen LogP contribution in [-0.2, 0) is 9.47 Å². The number of nitrogens with two attached hydrogens (primary N) is 1. The lowest BCUT2D eigenvalue weighted by Crippen LogP contribution is -2.20. The first-order chi connectivity index (χ1) is 15.5. The number of rotatable bonds is 7. The van der Waals surface area contributed by atoms with E-state index in [0.717, 1.165) is 29.8 Å². The zero-order valence-electron chi connectivity index (χ0n) is 18.9. The van der Waals surface area contributed by atoms with E-state index >= 15 is 0 Å². The van der Waals surface area contributed by atoms with Gasteiger partial charge in [-0.1, -0.05) is 0 Å². The molecule has 9 heteroatoms. The van der Waals surface area contributed by atoms with Crippen molar-refractivity contribution in [2.75, 3.05) is 25.6 Å². The highest BCUT2D eigenvalue weighted by Gasteiger charge is 2.25. The van der Waals surface area contributed by atoms with Gasteiger partial charge < -0.3 is 20.5 Å². The Balaban J connectivity index is 1.53. The van der Waals surface area contributed by atoms with Gasteiger partial charge in [-0.05, 0) is 39.3 Å². The van der Waals surface area contributed by atoms with E-state index in [9.17, 15) is 0 Å². The first-order valence-corrected chi connectivity index (χ1v) is 10.7. The maximum Gasteiger partial charge on any atom is 0.160 e. The third-order valence-corrected chi connectivity index (χ3v) is 5.55. The van der Waals surface area contributed by atoms with Crippen LogP contribution in [0.4, 0.5) is 11.6 Å². The van der Waals surface area contributed by atoms with Gasteiger partial charge in [0.2, 0.25) is 0 Å². The Morgan fingerprint density at radius 2 is 2.16 bits per heavy atom. The van der Waals surface area contributed by atoms with Crippen LogP contribution in [0.2, 0.25) is 0 Å². The van der Waals surface area contributed by atoms with Crippen LogP contribution in [0, 0.1) is 19.8 Å². The number of hydrogen-bond acceptors (Lipinski definition) is 8. The van der Waals surface area contributed by atoms with E-state index in [4.69, 9.17) is 15.2 Å². The third-order valence-electron chi connectivity index (χ3n) is 5.55. The highest BCUT2D eigenvalue weighted by atomic mass is 16.5. The molecule has 3 aromatic rings. The van der Waals surface area contributed by atoms with Crippen molar-refractivity contribution < 1.29 is 9.47 Å². The number of ether oxygens (including phenoxy) is 2. The minimum absolute atomic E-state index is 0.188. The summed E-state index contributed by atoms with van der Waals surface area (Å²) in [6, 6.07) is 7.79. The van der Waals surface area contributed by atoms with Crippen LogP contribution < -0.4 is 11.1 Å². The molecule has 3 aromatic heterocycles. The minimum Gasteiger partial charge on any atom is -0.489 e. The second-order valence-electron chi connectivity index (χ2n) is 7.92. The zero-order valence-corrected chi connectivity index (χ0v) is 18.9. The molecule has 3 N–H and O–H groups in total. The lowest BCUT2D eigenvalue weighted by molar-refractivity contribution is 0.0789. The van der Waals surface area contributed by atoms with Gasteiger partial charge in [-0.3, -0.25) is 4.99 Å². The number of fused-ring (bicyclic) bond motifs is 1. The summed E-state index contributed by atoms with van der Waals surface area (Å²) < 4.78 is 13.5. The van der Waals surface area contributed by atoms with Crippen LogP contribution in [0.1, 0.15) is 30.4 Å². The van der Waals surface area contributed by atoms with Crippen molar-refractivity contribution in [3.05, 3.63) is 59.5 Å². The maximum atomic E-state index is 6.05. The molecule has 0 saturated carbocycles. The highest BCUT2D eigenvalue weighted by molar-refractivity contribution is 6.11. The first kappa shape index (κ1) is 21.8. The maximum absolute atomic E-state index is 6.05. The Bertz CT molecular complexity index is 1150. The predicted molar refractivity (Wildman–Crippen MR) is 124 cm³/mol. The average Bonchev–Trinajstić information content (AvgIpc) is 3.34. The largest absolute Gasteiger partial charge is 0.489 e. The number of nitrogens with zero attached hydrogens (tertiary/aromatic N) is 5. The fourth-order valence-corrected chi connectivity index (χ4v) is 3.88. The van der Waals surface area contributed by atoms with Gasteiger partial charge in [0, 0.05) is 55.4 Å². The summed E-state index contributed by atoms with van der Waals surface area (Å²) in [6.45, 7) is 7.19. The van der Waals surface area contributed by atoms with Crippen LogP contribution in [0.5, 0.6) is 0 Å². The van der Waals surface area contributed by atoms with Crippen LogP contribution in [0.3, 0.4) is 0 Å². The number of allylic oxidation sites excluding steroid dienone is 1. The molecule has 4 heterocycles. The molecule has 1 aliphatic rings. The topological polar surface area (TPSA) is 112 Å². The van der Waals surface area contributed by atoms with Crippen LogP contribution in [0.25, 0.3) is 5.52 Å². The third kappa shape index (κ3) is 4.72. The summed E-state index contributed by atoms with van der Waals surface area (Å²) in [5.41, 5.74) is 9.29. The summed E-state index contributed by atoms with van der Waals surface area (Å²) in [7, 11) is 1.73. The second kappa shape index (κ2) is 9.35. The van der Waals surface area contributed by atoms with Gasteiger partial charge >= 0.3 is 0 Å². The van der Waals surface area contributed by atoms with Gasteiger partial charge in [0.05, 0.1) is 18.2 Å². The molecule has 1 saturated heterocycles. The Labute approximate surface area is 187 Å². The fraction of sp³-hybridized carbons (Fsp3) is 0.391. The number of aryl methyl sites for hydroxylation is 2. The number of aromatic nitrogens is 4. The van der Waals surface area contributed by atoms with Gasteiger partial charge in [0.1, 0.15) is 17.4 Å². The van der Waals surface area contributed by atoms with Crippen molar-refractivity contribution in [3.8, 4) is 0 Å². The predicted octanol–water partition coefficient (Wildman–Crippen LogP) is 3.15. The van der Waals surface area contributed by atoms with E-state index < -0.39 is 0 Å². The number of hydrogen-bond donors (Lipinski definition) is 2. The molecule has 1 fully saturated rings. The summed E-state index contributed by atoms with van der Waals surface area (Å²) in [4.78, 5) is 13.2. The summed E-state index contributed by atoms with van der Waals surface area (Å²) in [5, 5.41) is 7.82. The molecule has 2 atom stereocenters. The molecule has 0 amide bonds. The molecule has 4 rings (SSSR count). The van der Waals surface area contributed by atoms with Gasteiger partial charge in [0.15, 0.2) is 11.6 Å². The molecule has 0 radical (unpaired) electrons. The standard InChI is InChI=1S/C23H29N7O2/c1-14-9-21(27-16(3)26-14)28-22-11-19-10-17(5-7-30(19)29-22)23(25-4)20(12-24)32-13-18-6-8-31-15(18)2/h5,7,9-12,15,18H,6,8,13,24H2,1-4H3,(H,26,27,28,29)/b20-12+,25-23?/t15-,18+/m1/s1. The van der Waals surface area contributed by atoms with Gasteiger partial charge in [-0.25, -0.2) is 14.5 Å². The van der Waals surface area contributed by atoms with Gasteiger partial charge in [-0.15, -0.1) is 0 Å². The molecule has 9 nitrogen and oxygen atoms in total. The molecule has 0 aromatic carbocycles. The lowest BCUT2D eigenvalue weighted by Gasteiger charge is -2.18. The Kier molecular flexibility index (Phi) is 6.36. The number of anilines is 2. The van der Waals surface area contributed by atoms with Crippen molar-refractivity contribution in [2.45, 2.75) is 33.3 Å². The first-order valence-electron chi connectivity index (χ1n) is 10.7. The Morgan fingerprint density at radius 1 is 1.31 bits per heavy atom. The molecule has 0 spiro atoms. The monoisotopic (exact) mass is 435 g/mol. The highest BCUT2D eigenvalue weighted by Crippen LogP contribution is 2.23. The minimum atomic E-state index is 0.188. The van der Waals surface area contributed by atoms with Gasteiger partial charge in [-0.2, -0.15) is 5.10 Å². The Morgan fingerprint density at radius 3 is 2.84 bits per heavy atom. The smallest absolute Gasteiger partial charge is 0.160 e. The van der Waals surface area contributed by atoms with Crippen molar-refractivity contribution >= 4 is 22.9 Å². The number of aliphatic imine (C=N–C) groups is 1. The molecule has 0 unspecified atom stereocenters. The number of pyridine rings is 1. The Hall–Kier alpha value is -3.46. The summed E-state index contributed by atoms with van der Waals surface area (Å²) in [5.74, 6) is 3.02. The van der Waals surface area contributed by atoms with Crippen LogP contribution in [0.15, 0.2) is 47.4 Å². The normalized spacial score (nSPS) is 19.5. The van der Waals surface area contributed by atoms with E-state index in [1.165, 1.54) is 6.20 Å².